The zero-order chi connectivity index (χ0) is 21.2. The molecule has 3 rings (SSSR count). The number of carbonyl (C=O) groups excluding carboxylic acids is 1. The summed E-state index contributed by atoms with van der Waals surface area (Å²) in [5, 5.41) is 11.6. The predicted molar refractivity (Wildman–Crippen MR) is 121 cm³/mol. The molecule has 3 N–H and O–H groups in total. The second kappa shape index (κ2) is 11.6. The number of rotatable bonds is 8. The van der Waals surface area contributed by atoms with Gasteiger partial charge >= 0.3 is 0 Å². The lowest BCUT2D eigenvalue weighted by Crippen LogP contribution is -2.46. The molecule has 1 saturated heterocycles. The lowest BCUT2D eigenvalue weighted by atomic mass is 10.2. The van der Waals surface area contributed by atoms with E-state index < -0.39 is 0 Å². The summed E-state index contributed by atoms with van der Waals surface area (Å²) in [7, 11) is 1.74. The van der Waals surface area contributed by atoms with Gasteiger partial charge < -0.3 is 20.7 Å². The van der Waals surface area contributed by atoms with Crippen molar-refractivity contribution in [2.24, 2.45) is 4.99 Å². The number of carbonyl (C=O) groups is 1. The van der Waals surface area contributed by atoms with Crippen LogP contribution in [0.3, 0.4) is 0 Å². The van der Waals surface area contributed by atoms with Crippen LogP contribution in [0.4, 0.5) is 5.82 Å². The molecule has 1 unspecified atom stereocenters. The maximum absolute atomic E-state index is 12.2. The van der Waals surface area contributed by atoms with Crippen LogP contribution in [0.15, 0.2) is 40.7 Å². The third kappa shape index (κ3) is 6.79. The highest BCUT2D eigenvalue weighted by Crippen LogP contribution is 2.25. The lowest BCUT2D eigenvalue weighted by molar-refractivity contribution is -0.116. The molecule has 9 heteroatoms. The van der Waals surface area contributed by atoms with E-state index in [4.69, 9.17) is 4.74 Å². The summed E-state index contributed by atoms with van der Waals surface area (Å²) in [6.07, 6.45) is 0.328. The minimum absolute atomic E-state index is 0.0826. The Balaban J connectivity index is 1.45. The first-order valence-electron chi connectivity index (χ1n) is 10.2. The van der Waals surface area contributed by atoms with Gasteiger partial charge in [-0.2, -0.15) is 0 Å². The lowest BCUT2D eigenvalue weighted by Gasteiger charge is -2.34. The number of morpholine rings is 1. The molecule has 1 atom stereocenters. The summed E-state index contributed by atoms with van der Waals surface area (Å²) in [5.41, 5.74) is 0.871. The van der Waals surface area contributed by atoms with Crippen LogP contribution >= 0.6 is 11.3 Å². The average Bonchev–Trinajstić information content (AvgIpc) is 3.28. The number of aryl methyl sites for hydroxylation is 1. The van der Waals surface area contributed by atoms with Crippen molar-refractivity contribution in [1.29, 1.82) is 0 Å². The molecule has 3 heterocycles. The van der Waals surface area contributed by atoms with Crippen molar-refractivity contribution < 1.29 is 9.53 Å². The van der Waals surface area contributed by atoms with E-state index in [9.17, 15) is 4.79 Å². The molecule has 0 bridgehead atoms. The third-order valence-electron chi connectivity index (χ3n) is 4.84. The Kier molecular flexibility index (Phi) is 8.61. The molecule has 2 aromatic heterocycles. The Morgan fingerprint density at radius 1 is 1.27 bits per heavy atom. The number of anilines is 1. The number of guanidine groups is 1. The van der Waals surface area contributed by atoms with Crippen LogP contribution in [0.5, 0.6) is 0 Å². The van der Waals surface area contributed by atoms with Crippen LogP contribution in [-0.2, 0) is 9.53 Å². The van der Waals surface area contributed by atoms with E-state index in [1.807, 2.05) is 19.1 Å². The van der Waals surface area contributed by atoms with Crippen molar-refractivity contribution in [3.63, 3.8) is 0 Å². The molecule has 0 spiro atoms. The van der Waals surface area contributed by atoms with E-state index in [1.165, 1.54) is 4.88 Å². The molecule has 30 heavy (non-hydrogen) atoms. The molecule has 8 nitrogen and oxygen atoms in total. The number of ether oxygens (including phenoxy) is 1. The van der Waals surface area contributed by atoms with Gasteiger partial charge in [-0.15, -0.1) is 11.3 Å². The molecule has 0 radical (unpaired) electrons. The fourth-order valence-electron chi connectivity index (χ4n) is 3.31. The fourth-order valence-corrected chi connectivity index (χ4v) is 4.17. The Morgan fingerprint density at radius 3 is 2.80 bits per heavy atom. The van der Waals surface area contributed by atoms with Crippen molar-refractivity contribution >= 4 is 29.0 Å². The highest BCUT2D eigenvalue weighted by molar-refractivity contribution is 7.10. The second-order valence-corrected chi connectivity index (χ2v) is 8.00. The molecule has 2 aromatic rings. The van der Waals surface area contributed by atoms with Crippen LogP contribution in [-0.4, -0.2) is 68.2 Å². The van der Waals surface area contributed by atoms with E-state index in [1.54, 1.807) is 24.5 Å². The molecular formula is C21H30N6O2S. The van der Waals surface area contributed by atoms with Crippen molar-refractivity contribution in [3.8, 4) is 0 Å². The molecule has 1 aliphatic heterocycles. The number of hydrogen-bond donors (Lipinski definition) is 3. The third-order valence-corrected chi connectivity index (χ3v) is 5.82. The number of thiophene rings is 1. The summed E-state index contributed by atoms with van der Waals surface area (Å²) in [6, 6.07) is 10.1. The Bertz CT molecular complexity index is 821. The van der Waals surface area contributed by atoms with E-state index in [-0.39, 0.29) is 11.9 Å². The number of hydrogen-bond acceptors (Lipinski definition) is 6. The van der Waals surface area contributed by atoms with E-state index in [0.717, 1.165) is 38.5 Å². The number of amides is 1. The predicted octanol–water partition coefficient (Wildman–Crippen LogP) is 2.02. The van der Waals surface area contributed by atoms with Crippen LogP contribution < -0.4 is 16.0 Å². The Hall–Kier alpha value is -2.49. The summed E-state index contributed by atoms with van der Waals surface area (Å²) in [6.45, 7) is 6.48. The topological polar surface area (TPSA) is 90.9 Å². The van der Waals surface area contributed by atoms with Gasteiger partial charge in [-0.1, -0.05) is 12.1 Å². The monoisotopic (exact) mass is 430 g/mol. The summed E-state index contributed by atoms with van der Waals surface area (Å²) < 4.78 is 5.50. The molecule has 162 valence electrons. The smallest absolute Gasteiger partial charge is 0.227 e. The molecule has 1 amide bonds. The van der Waals surface area contributed by atoms with Gasteiger partial charge in [0.2, 0.25) is 5.91 Å². The SMILES string of the molecule is CN=C(NCCC(=O)Nc1cccc(C)n1)NCC(c1cccs1)N1CCOCC1. The zero-order valence-corrected chi connectivity index (χ0v) is 18.4. The first-order chi connectivity index (χ1) is 14.7. The minimum atomic E-state index is -0.0826. The van der Waals surface area contributed by atoms with Crippen molar-refractivity contribution in [2.45, 2.75) is 19.4 Å². The maximum atomic E-state index is 12.2. The highest BCUT2D eigenvalue weighted by atomic mass is 32.1. The van der Waals surface area contributed by atoms with Crippen LogP contribution in [0.25, 0.3) is 0 Å². The van der Waals surface area contributed by atoms with Gasteiger partial charge in [0.1, 0.15) is 5.82 Å². The Labute approximate surface area is 181 Å². The molecule has 0 saturated carbocycles. The second-order valence-electron chi connectivity index (χ2n) is 7.02. The first-order valence-corrected chi connectivity index (χ1v) is 11.1. The molecule has 1 fully saturated rings. The zero-order valence-electron chi connectivity index (χ0n) is 17.6. The summed E-state index contributed by atoms with van der Waals surface area (Å²) >= 11 is 1.77. The van der Waals surface area contributed by atoms with Gasteiger partial charge in [0.25, 0.3) is 0 Å². The quantitative estimate of drug-likeness (QED) is 0.438. The first kappa shape index (κ1) is 22.2. The van der Waals surface area contributed by atoms with Crippen LogP contribution in [0.2, 0.25) is 0 Å². The van der Waals surface area contributed by atoms with Gasteiger partial charge in [0.05, 0.1) is 19.3 Å². The number of aliphatic imine (C=N–C) groups is 1. The average molecular weight is 431 g/mol. The van der Waals surface area contributed by atoms with Gasteiger partial charge in [0.15, 0.2) is 5.96 Å². The number of aromatic nitrogens is 1. The minimum Gasteiger partial charge on any atom is -0.379 e. The standard InChI is InChI=1S/C21H30N6O2S/c1-16-5-3-7-19(25-16)26-20(28)8-9-23-21(22-2)24-15-17(18-6-4-14-30-18)27-10-12-29-13-11-27/h3-7,14,17H,8-13,15H2,1-2H3,(H2,22,23,24)(H,25,26,28). The molecule has 0 aromatic carbocycles. The summed E-state index contributed by atoms with van der Waals surface area (Å²) in [5.74, 6) is 1.18. The largest absolute Gasteiger partial charge is 0.379 e. The van der Waals surface area contributed by atoms with Gasteiger partial charge in [-0.05, 0) is 30.5 Å². The van der Waals surface area contributed by atoms with E-state index >= 15 is 0 Å². The molecule has 0 aliphatic carbocycles. The van der Waals surface area contributed by atoms with Crippen molar-refractivity contribution in [3.05, 3.63) is 46.3 Å². The number of nitrogens with one attached hydrogen (secondary N) is 3. The van der Waals surface area contributed by atoms with Gasteiger partial charge in [0, 0.05) is 50.2 Å². The highest BCUT2D eigenvalue weighted by Gasteiger charge is 2.23. The van der Waals surface area contributed by atoms with Crippen molar-refractivity contribution in [1.82, 2.24) is 20.5 Å². The van der Waals surface area contributed by atoms with Gasteiger partial charge in [-0.3, -0.25) is 14.7 Å². The van der Waals surface area contributed by atoms with Crippen molar-refractivity contribution in [2.75, 3.05) is 51.8 Å². The van der Waals surface area contributed by atoms with Crippen LogP contribution in [0.1, 0.15) is 23.0 Å². The number of pyridine rings is 1. The van der Waals surface area contributed by atoms with Crippen LogP contribution in [0, 0.1) is 6.92 Å². The van der Waals surface area contributed by atoms with E-state index in [0.29, 0.717) is 24.7 Å². The normalized spacial score (nSPS) is 16.1. The number of nitrogens with zero attached hydrogens (tertiary/aromatic N) is 3. The Morgan fingerprint density at radius 2 is 2.10 bits per heavy atom. The summed E-state index contributed by atoms with van der Waals surface area (Å²) in [4.78, 5) is 24.5. The van der Waals surface area contributed by atoms with E-state index in [2.05, 4.69) is 48.3 Å². The van der Waals surface area contributed by atoms with Gasteiger partial charge in [-0.25, -0.2) is 4.98 Å². The molecular weight excluding hydrogens is 400 g/mol. The molecule has 1 aliphatic rings. The maximum Gasteiger partial charge on any atom is 0.227 e. The fraction of sp³-hybridized carbons (Fsp3) is 0.476.